The van der Waals surface area contributed by atoms with Gasteiger partial charge in [0.25, 0.3) is 0 Å². The predicted molar refractivity (Wildman–Crippen MR) is 85.8 cm³/mol. The molecule has 0 radical (unpaired) electrons. The average Bonchev–Trinajstić information content (AvgIpc) is 2.39. The lowest BCUT2D eigenvalue weighted by Crippen LogP contribution is -2.67. The number of carbonyl (C=O) groups excluding carboxylic acids is 2. The van der Waals surface area contributed by atoms with E-state index in [1.165, 1.54) is 0 Å². The van der Waals surface area contributed by atoms with Crippen molar-refractivity contribution in [2.24, 2.45) is 17.8 Å². The van der Waals surface area contributed by atoms with Crippen LogP contribution in [-0.2, 0) is 9.59 Å². The Morgan fingerprint density at radius 1 is 1.10 bits per heavy atom. The summed E-state index contributed by atoms with van der Waals surface area (Å²) in [5, 5.41) is 2.94. The van der Waals surface area contributed by atoms with E-state index < -0.39 is 0 Å². The second kappa shape index (κ2) is 7.28. The molecule has 1 heterocycles. The van der Waals surface area contributed by atoms with Crippen molar-refractivity contribution >= 4 is 11.8 Å². The quantitative estimate of drug-likeness (QED) is 0.819. The van der Waals surface area contributed by atoms with Crippen LogP contribution in [0.15, 0.2) is 0 Å². The zero-order valence-electron chi connectivity index (χ0n) is 14.6. The lowest BCUT2D eigenvalue weighted by Gasteiger charge is -2.46. The Morgan fingerprint density at radius 2 is 1.67 bits per heavy atom. The third-order valence-electron chi connectivity index (χ3n) is 4.68. The summed E-state index contributed by atoms with van der Waals surface area (Å²) < 4.78 is 0. The van der Waals surface area contributed by atoms with Crippen molar-refractivity contribution in [2.45, 2.75) is 79.4 Å². The van der Waals surface area contributed by atoms with Crippen molar-refractivity contribution in [3.05, 3.63) is 0 Å². The van der Waals surface area contributed by atoms with Crippen molar-refractivity contribution in [1.82, 2.24) is 10.2 Å². The molecule has 1 fully saturated rings. The van der Waals surface area contributed by atoms with Gasteiger partial charge in [-0.3, -0.25) is 9.59 Å². The van der Waals surface area contributed by atoms with E-state index in [1.807, 2.05) is 18.7 Å². The summed E-state index contributed by atoms with van der Waals surface area (Å²) in [6.45, 7) is 14.5. The third-order valence-corrected chi connectivity index (χ3v) is 4.68. The van der Waals surface area contributed by atoms with Gasteiger partial charge in [-0.25, -0.2) is 0 Å². The number of carbonyl (C=O) groups is 2. The largest absolute Gasteiger partial charge is 0.342 e. The molecular formula is C17H32N2O2. The number of nitrogens with one attached hydrogen (secondary N) is 1. The van der Waals surface area contributed by atoms with Crippen molar-refractivity contribution in [1.29, 1.82) is 0 Å². The van der Waals surface area contributed by atoms with Crippen molar-refractivity contribution in [3.63, 3.8) is 0 Å². The van der Waals surface area contributed by atoms with Crippen LogP contribution in [0.3, 0.4) is 0 Å². The second-order valence-corrected chi connectivity index (χ2v) is 7.25. The predicted octanol–water partition coefficient (Wildman–Crippen LogP) is 2.82. The first-order valence-corrected chi connectivity index (χ1v) is 8.33. The fraction of sp³-hybridized carbons (Fsp3) is 0.882. The van der Waals surface area contributed by atoms with E-state index in [-0.39, 0.29) is 35.9 Å². The molecule has 0 aromatic heterocycles. The number of rotatable bonds is 6. The van der Waals surface area contributed by atoms with Gasteiger partial charge in [0.15, 0.2) is 0 Å². The maximum atomic E-state index is 12.9. The lowest BCUT2D eigenvalue weighted by atomic mass is 9.89. The molecule has 1 N–H and O–H groups in total. The standard InChI is InChI=1S/C17H32N2O2/c1-8-12(6)13(7)19-15(11(4)5)16(20)18-14(17(19)21)9-10(2)3/h10-15H,8-9H2,1-7H3,(H,18,20). The molecule has 122 valence electrons. The van der Waals surface area contributed by atoms with Gasteiger partial charge in [0, 0.05) is 6.04 Å². The van der Waals surface area contributed by atoms with Crippen LogP contribution >= 0.6 is 0 Å². The van der Waals surface area contributed by atoms with Gasteiger partial charge < -0.3 is 10.2 Å². The molecule has 0 aliphatic carbocycles. The Morgan fingerprint density at radius 3 is 2.10 bits per heavy atom. The third kappa shape index (κ3) is 3.98. The SMILES string of the molecule is CCC(C)C(C)N1C(=O)C(CC(C)C)NC(=O)C1C(C)C. The molecule has 0 aromatic carbocycles. The molecule has 4 unspecified atom stereocenters. The van der Waals surface area contributed by atoms with Crippen LogP contribution in [0.2, 0.25) is 0 Å². The maximum absolute atomic E-state index is 12.9. The summed E-state index contributed by atoms with van der Waals surface area (Å²) in [4.78, 5) is 27.3. The summed E-state index contributed by atoms with van der Waals surface area (Å²) in [5.41, 5.74) is 0. The van der Waals surface area contributed by atoms with E-state index >= 15 is 0 Å². The summed E-state index contributed by atoms with van der Waals surface area (Å²) in [5.74, 6) is 0.997. The van der Waals surface area contributed by atoms with Crippen LogP contribution < -0.4 is 5.32 Å². The molecule has 21 heavy (non-hydrogen) atoms. The molecule has 1 aliphatic heterocycles. The van der Waals surface area contributed by atoms with Crippen molar-refractivity contribution in [2.75, 3.05) is 0 Å². The Kier molecular flexibility index (Phi) is 6.24. The molecule has 4 nitrogen and oxygen atoms in total. The molecule has 1 saturated heterocycles. The average molecular weight is 296 g/mol. The summed E-state index contributed by atoms with van der Waals surface area (Å²) in [7, 11) is 0. The van der Waals surface area contributed by atoms with E-state index in [4.69, 9.17) is 0 Å². The molecule has 4 heteroatoms. The first kappa shape index (κ1) is 18.0. The van der Waals surface area contributed by atoms with Gasteiger partial charge in [-0.1, -0.05) is 48.0 Å². The fourth-order valence-electron chi connectivity index (χ4n) is 3.09. The van der Waals surface area contributed by atoms with Crippen molar-refractivity contribution in [3.8, 4) is 0 Å². The molecule has 0 spiro atoms. The number of nitrogens with zero attached hydrogens (tertiary/aromatic N) is 1. The van der Waals surface area contributed by atoms with Gasteiger partial charge in [0.2, 0.25) is 11.8 Å². The molecule has 0 aromatic rings. The lowest BCUT2D eigenvalue weighted by molar-refractivity contribution is -0.155. The molecule has 0 saturated carbocycles. The molecular weight excluding hydrogens is 264 g/mol. The maximum Gasteiger partial charge on any atom is 0.246 e. The number of piperazine rings is 1. The highest BCUT2D eigenvalue weighted by Crippen LogP contribution is 2.26. The highest BCUT2D eigenvalue weighted by molar-refractivity contribution is 5.97. The zero-order valence-corrected chi connectivity index (χ0v) is 14.6. The normalized spacial score (nSPS) is 26.2. The summed E-state index contributed by atoms with van der Waals surface area (Å²) >= 11 is 0. The monoisotopic (exact) mass is 296 g/mol. The first-order valence-electron chi connectivity index (χ1n) is 8.33. The summed E-state index contributed by atoms with van der Waals surface area (Å²) in [6, 6.07) is -0.612. The van der Waals surface area contributed by atoms with Gasteiger partial charge in [-0.15, -0.1) is 0 Å². The zero-order chi connectivity index (χ0) is 16.3. The van der Waals surface area contributed by atoms with E-state index in [0.717, 1.165) is 6.42 Å². The number of hydrogen-bond acceptors (Lipinski definition) is 2. The van der Waals surface area contributed by atoms with Crippen LogP contribution in [0.25, 0.3) is 0 Å². The topological polar surface area (TPSA) is 49.4 Å². The molecule has 4 atom stereocenters. The van der Waals surface area contributed by atoms with Gasteiger partial charge in [0.1, 0.15) is 12.1 Å². The van der Waals surface area contributed by atoms with Gasteiger partial charge in [-0.2, -0.15) is 0 Å². The van der Waals surface area contributed by atoms with Crippen LogP contribution in [0.4, 0.5) is 0 Å². The second-order valence-electron chi connectivity index (χ2n) is 7.25. The Balaban J connectivity index is 3.09. The minimum absolute atomic E-state index is 0.00500. The van der Waals surface area contributed by atoms with Crippen LogP contribution in [-0.4, -0.2) is 34.8 Å². The Hall–Kier alpha value is -1.06. The van der Waals surface area contributed by atoms with E-state index in [1.54, 1.807) is 0 Å². The smallest absolute Gasteiger partial charge is 0.246 e. The number of amides is 2. The highest BCUT2D eigenvalue weighted by Gasteiger charge is 2.44. The van der Waals surface area contributed by atoms with Crippen molar-refractivity contribution < 1.29 is 9.59 Å². The van der Waals surface area contributed by atoms with Gasteiger partial charge >= 0.3 is 0 Å². The van der Waals surface area contributed by atoms with Crippen LogP contribution in [0, 0.1) is 17.8 Å². The van der Waals surface area contributed by atoms with E-state index in [0.29, 0.717) is 18.3 Å². The Bertz CT molecular complexity index is 379. The molecule has 2 amide bonds. The molecule has 0 bridgehead atoms. The van der Waals surface area contributed by atoms with Crippen LogP contribution in [0.5, 0.6) is 0 Å². The van der Waals surface area contributed by atoms with Gasteiger partial charge in [-0.05, 0) is 31.1 Å². The first-order chi connectivity index (χ1) is 9.70. The minimum Gasteiger partial charge on any atom is -0.342 e. The van der Waals surface area contributed by atoms with Gasteiger partial charge in [0.05, 0.1) is 0 Å². The highest BCUT2D eigenvalue weighted by atomic mass is 16.2. The number of hydrogen-bond donors (Lipinski definition) is 1. The van der Waals surface area contributed by atoms with E-state index in [2.05, 4.69) is 39.9 Å². The fourth-order valence-corrected chi connectivity index (χ4v) is 3.09. The van der Waals surface area contributed by atoms with E-state index in [9.17, 15) is 9.59 Å². The molecule has 1 aliphatic rings. The Labute approximate surface area is 129 Å². The molecule has 1 rings (SSSR count). The minimum atomic E-state index is -0.362. The summed E-state index contributed by atoms with van der Waals surface area (Å²) in [6.07, 6.45) is 1.71. The van der Waals surface area contributed by atoms with Crippen LogP contribution in [0.1, 0.15) is 61.3 Å².